The first-order chi connectivity index (χ1) is 16.6. The number of nitrogens with zero attached hydrogens (tertiary/aromatic N) is 2. The molecule has 0 radical (unpaired) electrons. The van der Waals surface area contributed by atoms with Crippen molar-refractivity contribution in [3.8, 4) is 0 Å². The highest BCUT2D eigenvalue weighted by Crippen LogP contribution is 2.46. The summed E-state index contributed by atoms with van der Waals surface area (Å²) in [7, 11) is 0. The van der Waals surface area contributed by atoms with Crippen molar-refractivity contribution in [1.29, 1.82) is 0 Å². The van der Waals surface area contributed by atoms with Gasteiger partial charge in [-0.15, -0.1) is 0 Å². The average Bonchev–Trinajstić information content (AvgIpc) is 2.82. The van der Waals surface area contributed by atoms with Crippen molar-refractivity contribution in [3.63, 3.8) is 0 Å². The summed E-state index contributed by atoms with van der Waals surface area (Å²) in [5.41, 5.74) is -3.70. The number of benzene rings is 2. The van der Waals surface area contributed by atoms with Gasteiger partial charge in [-0.25, -0.2) is 8.78 Å². The molecular formula is C23H16F9N3O. The van der Waals surface area contributed by atoms with Crippen LogP contribution in [0.5, 0.6) is 0 Å². The normalized spacial score (nSPS) is 14.7. The fourth-order valence-electron chi connectivity index (χ4n) is 3.38. The van der Waals surface area contributed by atoms with Gasteiger partial charge in [-0.2, -0.15) is 30.7 Å². The minimum Gasteiger partial charge on any atom is -0.390 e. The Bertz CT molecular complexity index is 1240. The third-order valence-corrected chi connectivity index (χ3v) is 5.34. The molecule has 0 saturated carbocycles. The van der Waals surface area contributed by atoms with E-state index in [0.29, 0.717) is 61.1 Å². The van der Waals surface area contributed by atoms with Crippen molar-refractivity contribution in [3.05, 3.63) is 100 Å². The van der Waals surface area contributed by atoms with Crippen LogP contribution in [0.3, 0.4) is 0 Å². The summed E-state index contributed by atoms with van der Waals surface area (Å²) >= 11 is 0. The molecule has 0 aliphatic rings. The predicted molar refractivity (Wildman–Crippen MR) is 110 cm³/mol. The number of nitrogens with two attached hydrogens (primary N) is 1. The second-order valence-corrected chi connectivity index (χ2v) is 7.63. The number of aromatic nitrogens is 1. The molecule has 2 aromatic carbocycles. The Morgan fingerprint density at radius 3 is 1.92 bits per heavy atom. The van der Waals surface area contributed by atoms with Crippen LogP contribution in [0.25, 0.3) is 0 Å². The highest BCUT2D eigenvalue weighted by atomic mass is 19.4. The van der Waals surface area contributed by atoms with Crippen LogP contribution in [0.2, 0.25) is 0 Å². The van der Waals surface area contributed by atoms with Crippen LogP contribution in [0.1, 0.15) is 27.9 Å². The SMILES string of the molecule is NC=NCC(O)(c1ccc(F)cc1F)C(F)(F)c1ccc(C(F)(F)c2ccc(C(F)(F)F)cc2)cn1. The van der Waals surface area contributed by atoms with Crippen molar-refractivity contribution in [2.75, 3.05) is 6.54 Å². The molecule has 1 heterocycles. The number of alkyl halides is 7. The first-order valence-electron chi connectivity index (χ1n) is 9.93. The fraction of sp³-hybridized carbons (Fsp3) is 0.217. The zero-order chi connectivity index (χ0) is 26.9. The first kappa shape index (κ1) is 27.0. The molecule has 192 valence electrons. The quantitative estimate of drug-likeness (QED) is 0.246. The lowest BCUT2D eigenvalue weighted by Gasteiger charge is -2.35. The van der Waals surface area contributed by atoms with Gasteiger partial charge in [0.25, 0.3) is 5.92 Å². The van der Waals surface area contributed by atoms with E-state index in [0.717, 1.165) is 0 Å². The Morgan fingerprint density at radius 2 is 1.42 bits per heavy atom. The van der Waals surface area contributed by atoms with Crippen molar-refractivity contribution in [1.82, 2.24) is 4.98 Å². The van der Waals surface area contributed by atoms with Gasteiger partial charge in [0.1, 0.15) is 17.3 Å². The molecule has 0 spiro atoms. The summed E-state index contributed by atoms with van der Waals surface area (Å²) in [6.45, 7) is -1.20. The minimum atomic E-state index is -4.75. The molecule has 4 nitrogen and oxygen atoms in total. The van der Waals surface area contributed by atoms with Crippen molar-refractivity contribution in [2.24, 2.45) is 10.7 Å². The lowest BCUT2D eigenvalue weighted by molar-refractivity contribution is -0.193. The zero-order valence-electron chi connectivity index (χ0n) is 17.9. The molecular weight excluding hydrogens is 505 g/mol. The molecule has 13 heteroatoms. The van der Waals surface area contributed by atoms with Gasteiger partial charge < -0.3 is 10.8 Å². The van der Waals surface area contributed by atoms with Crippen LogP contribution in [-0.4, -0.2) is 23.0 Å². The van der Waals surface area contributed by atoms with Gasteiger partial charge in [-0.05, 0) is 36.4 Å². The van der Waals surface area contributed by atoms with E-state index in [-0.39, 0.29) is 6.07 Å². The van der Waals surface area contributed by atoms with E-state index in [4.69, 9.17) is 5.73 Å². The summed E-state index contributed by atoms with van der Waals surface area (Å²) in [6.07, 6.45) is -3.85. The summed E-state index contributed by atoms with van der Waals surface area (Å²) in [4.78, 5) is 6.63. The maximum absolute atomic E-state index is 15.4. The van der Waals surface area contributed by atoms with Crippen LogP contribution < -0.4 is 5.73 Å². The molecule has 0 amide bonds. The molecule has 3 N–H and O–H groups in total. The monoisotopic (exact) mass is 521 g/mol. The third-order valence-electron chi connectivity index (χ3n) is 5.34. The Kier molecular flexibility index (Phi) is 7.08. The van der Waals surface area contributed by atoms with Gasteiger partial charge in [0.15, 0.2) is 5.60 Å². The van der Waals surface area contributed by atoms with E-state index in [2.05, 4.69) is 9.98 Å². The lowest BCUT2D eigenvalue weighted by Crippen LogP contribution is -2.47. The molecule has 0 fully saturated rings. The number of aliphatic hydroxyl groups is 1. The molecule has 36 heavy (non-hydrogen) atoms. The molecule has 1 atom stereocenters. The van der Waals surface area contributed by atoms with E-state index in [9.17, 15) is 35.8 Å². The van der Waals surface area contributed by atoms with E-state index in [1.807, 2.05) is 0 Å². The van der Waals surface area contributed by atoms with E-state index >= 15 is 8.78 Å². The minimum absolute atomic E-state index is 0.254. The maximum Gasteiger partial charge on any atom is 0.416 e. The molecule has 1 unspecified atom stereocenters. The molecule has 0 aliphatic carbocycles. The highest BCUT2D eigenvalue weighted by molar-refractivity contribution is 5.51. The number of hydrogen-bond donors (Lipinski definition) is 2. The fourth-order valence-corrected chi connectivity index (χ4v) is 3.38. The smallest absolute Gasteiger partial charge is 0.390 e. The summed E-state index contributed by atoms with van der Waals surface area (Å²) in [5, 5.41) is 10.8. The summed E-state index contributed by atoms with van der Waals surface area (Å²) < 4.78 is 126. The Hall–Kier alpha value is -3.61. The van der Waals surface area contributed by atoms with Crippen LogP contribution in [0, 0.1) is 11.6 Å². The van der Waals surface area contributed by atoms with Crippen molar-refractivity contribution >= 4 is 6.34 Å². The molecule has 1 aromatic heterocycles. The number of halogens is 9. The second kappa shape index (κ2) is 9.45. The van der Waals surface area contributed by atoms with Gasteiger partial charge in [0.2, 0.25) is 0 Å². The molecule has 3 aromatic rings. The topological polar surface area (TPSA) is 71.5 Å². The highest BCUT2D eigenvalue weighted by Gasteiger charge is 2.57. The molecule has 0 aliphatic heterocycles. The molecule has 0 saturated heterocycles. The summed E-state index contributed by atoms with van der Waals surface area (Å²) in [6, 6.07) is 4.35. The Labute approximate surface area is 197 Å². The van der Waals surface area contributed by atoms with Crippen molar-refractivity contribution < 1.29 is 44.6 Å². The van der Waals surface area contributed by atoms with Gasteiger partial charge in [0.05, 0.1) is 18.4 Å². The van der Waals surface area contributed by atoms with Gasteiger partial charge in [-0.1, -0.05) is 12.1 Å². The number of hydrogen-bond acceptors (Lipinski definition) is 3. The lowest BCUT2D eigenvalue weighted by atomic mass is 9.84. The van der Waals surface area contributed by atoms with Crippen LogP contribution in [-0.2, 0) is 23.6 Å². The Morgan fingerprint density at radius 1 is 0.833 bits per heavy atom. The second-order valence-electron chi connectivity index (χ2n) is 7.63. The van der Waals surface area contributed by atoms with Crippen molar-refractivity contribution in [2.45, 2.75) is 23.6 Å². The maximum atomic E-state index is 15.4. The number of pyridine rings is 1. The van der Waals surface area contributed by atoms with Crippen LogP contribution >= 0.6 is 0 Å². The molecule has 3 rings (SSSR count). The average molecular weight is 521 g/mol. The number of aliphatic imine (C=N–C) groups is 1. The number of rotatable bonds is 7. The molecule has 0 bridgehead atoms. The third kappa shape index (κ3) is 4.87. The zero-order valence-corrected chi connectivity index (χ0v) is 17.9. The Balaban J connectivity index is 2.01. The van der Waals surface area contributed by atoms with Crippen LogP contribution in [0.4, 0.5) is 39.5 Å². The first-order valence-corrected chi connectivity index (χ1v) is 9.93. The van der Waals surface area contributed by atoms with E-state index in [1.165, 1.54) is 0 Å². The van der Waals surface area contributed by atoms with E-state index in [1.54, 1.807) is 0 Å². The van der Waals surface area contributed by atoms with Gasteiger partial charge in [0, 0.05) is 29.0 Å². The standard InChI is InChI=1S/C23H16F9N3O/c24-16-6-7-17(18(25)9-16)20(36,11-34-12-33)22(28,29)19-8-5-15(10-35-19)21(26,27)13-1-3-14(4-2-13)23(30,31)32/h1-10,12,36H,11H2,(H2,33,34). The largest absolute Gasteiger partial charge is 0.416 e. The summed E-state index contributed by atoms with van der Waals surface area (Å²) in [5.74, 6) is -11.0. The van der Waals surface area contributed by atoms with Gasteiger partial charge in [-0.3, -0.25) is 9.98 Å². The van der Waals surface area contributed by atoms with Gasteiger partial charge >= 0.3 is 12.1 Å². The predicted octanol–water partition coefficient (Wildman–Crippen LogP) is 5.49. The van der Waals surface area contributed by atoms with Crippen LogP contribution in [0.15, 0.2) is 65.8 Å². The van der Waals surface area contributed by atoms with E-state index < -0.39 is 69.7 Å².